The van der Waals surface area contributed by atoms with Crippen molar-refractivity contribution in [1.82, 2.24) is 9.80 Å². The Labute approximate surface area is 75.5 Å². The first kappa shape index (κ1) is 8.52. The lowest BCUT2D eigenvalue weighted by Gasteiger charge is -2.52. The zero-order valence-corrected chi connectivity index (χ0v) is 8.45. The van der Waals surface area contributed by atoms with Gasteiger partial charge in [-0.3, -0.25) is 4.90 Å². The van der Waals surface area contributed by atoms with Gasteiger partial charge in [0.05, 0.1) is 0 Å². The summed E-state index contributed by atoms with van der Waals surface area (Å²) < 4.78 is 0. The van der Waals surface area contributed by atoms with Crippen LogP contribution in [0.3, 0.4) is 0 Å². The second kappa shape index (κ2) is 3.00. The molecule has 0 aromatic carbocycles. The maximum Gasteiger partial charge on any atom is 0.0350 e. The van der Waals surface area contributed by atoms with Crippen LogP contribution >= 0.6 is 0 Å². The molecule has 70 valence electrons. The Balaban J connectivity index is 1.68. The van der Waals surface area contributed by atoms with E-state index < -0.39 is 0 Å². The van der Waals surface area contributed by atoms with Gasteiger partial charge in [-0.1, -0.05) is 13.8 Å². The first-order valence-corrected chi connectivity index (χ1v) is 5.09. The van der Waals surface area contributed by atoms with Gasteiger partial charge in [0, 0.05) is 32.2 Å². The van der Waals surface area contributed by atoms with Gasteiger partial charge >= 0.3 is 0 Å². The molecule has 0 atom stereocenters. The van der Waals surface area contributed by atoms with Gasteiger partial charge in [0.15, 0.2) is 0 Å². The van der Waals surface area contributed by atoms with E-state index in [2.05, 4.69) is 30.7 Å². The summed E-state index contributed by atoms with van der Waals surface area (Å²) in [6.07, 6.45) is 0. The summed E-state index contributed by atoms with van der Waals surface area (Å²) in [5.74, 6) is 1.87. The van der Waals surface area contributed by atoms with Crippen molar-refractivity contribution in [2.45, 2.75) is 19.9 Å². The Morgan fingerprint density at radius 3 is 2.08 bits per heavy atom. The van der Waals surface area contributed by atoms with E-state index in [1.165, 1.54) is 26.2 Å². The van der Waals surface area contributed by atoms with Crippen molar-refractivity contribution < 1.29 is 0 Å². The first-order valence-electron chi connectivity index (χ1n) is 5.09. The first-order chi connectivity index (χ1) is 5.66. The molecule has 2 nitrogen and oxygen atoms in total. The molecule has 0 amide bonds. The van der Waals surface area contributed by atoms with Crippen molar-refractivity contribution in [2.75, 3.05) is 33.2 Å². The fourth-order valence-electron chi connectivity index (χ4n) is 2.17. The second-order valence-corrected chi connectivity index (χ2v) is 4.83. The molecule has 2 heterocycles. The van der Waals surface area contributed by atoms with Crippen LogP contribution in [0.1, 0.15) is 13.8 Å². The third kappa shape index (κ3) is 1.38. The normalized spacial score (nSPS) is 29.0. The van der Waals surface area contributed by atoms with Crippen molar-refractivity contribution in [1.29, 1.82) is 0 Å². The molecule has 2 rings (SSSR count). The number of rotatable bonds is 2. The Morgan fingerprint density at radius 1 is 1.08 bits per heavy atom. The van der Waals surface area contributed by atoms with E-state index in [-0.39, 0.29) is 0 Å². The van der Waals surface area contributed by atoms with E-state index in [0.717, 1.165) is 17.9 Å². The van der Waals surface area contributed by atoms with Crippen molar-refractivity contribution in [3.8, 4) is 0 Å². The van der Waals surface area contributed by atoms with Crippen LogP contribution in [0.4, 0.5) is 0 Å². The third-order valence-corrected chi connectivity index (χ3v) is 3.44. The topological polar surface area (TPSA) is 6.48 Å². The van der Waals surface area contributed by atoms with Crippen molar-refractivity contribution in [2.24, 2.45) is 11.8 Å². The largest absolute Gasteiger partial charge is 0.303 e. The zero-order chi connectivity index (χ0) is 8.72. The predicted molar refractivity (Wildman–Crippen MR) is 51.2 cm³/mol. The van der Waals surface area contributed by atoms with Crippen LogP contribution in [0.2, 0.25) is 0 Å². The number of nitrogens with zero attached hydrogens (tertiary/aromatic N) is 2. The summed E-state index contributed by atoms with van der Waals surface area (Å²) in [7, 11) is 2.20. The summed E-state index contributed by atoms with van der Waals surface area (Å²) in [6, 6.07) is 0.894. The highest BCUT2D eigenvalue weighted by Crippen LogP contribution is 2.27. The van der Waals surface area contributed by atoms with E-state index in [1.54, 1.807) is 0 Å². The maximum absolute atomic E-state index is 2.64. The molecule has 2 aliphatic heterocycles. The lowest BCUT2D eigenvalue weighted by molar-refractivity contribution is -0.0339. The molecule has 2 saturated heterocycles. The minimum atomic E-state index is 0.888. The minimum Gasteiger partial charge on any atom is -0.303 e. The van der Waals surface area contributed by atoms with Crippen molar-refractivity contribution >= 4 is 0 Å². The van der Waals surface area contributed by atoms with Gasteiger partial charge in [-0.05, 0) is 18.9 Å². The SMILES string of the molecule is CC(C)C1CN(C2CN(C)C2)C1. The lowest BCUT2D eigenvalue weighted by Crippen LogP contribution is -2.64. The standard InChI is InChI=1S/C10H20N2/c1-8(2)9-4-12(5-9)10-6-11(3)7-10/h8-10H,4-7H2,1-3H3. The van der Waals surface area contributed by atoms with Gasteiger partial charge in [0.1, 0.15) is 0 Å². The Hall–Kier alpha value is -0.0800. The van der Waals surface area contributed by atoms with Gasteiger partial charge in [0.2, 0.25) is 0 Å². The van der Waals surface area contributed by atoms with Crippen LogP contribution in [-0.2, 0) is 0 Å². The monoisotopic (exact) mass is 168 g/mol. The van der Waals surface area contributed by atoms with Crippen LogP contribution in [0, 0.1) is 11.8 Å². The molecule has 2 aliphatic rings. The van der Waals surface area contributed by atoms with E-state index >= 15 is 0 Å². The summed E-state index contributed by atoms with van der Waals surface area (Å²) >= 11 is 0. The minimum absolute atomic E-state index is 0.888. The van der Waals surface area contributed by atoms with Gasteiger partial charge in [-0.2, -0.15) is 0 Å². The molecule has 0 aliphatic carbocycles. The summed E-state index contributed by atoms with van der Waals surface area (Å²) in [5, 5.41) is 0. The smallest absolute Gasteiger partial charge is 0.0350 e. The van der Waals surface area contributed by atoms with Crippen LogP contribution < -0.4 is 0 Å². The molecular weight excluding hydrogens is 148 g/mol. The summed E-state index contributed by atoms with van der Waals surface area (Å²) in [5.41, 5.74) is 0. The molecule has 12 heavy (non-hydrogen) atoms. The third-order valence-electron chi connectivity index (χ3n) is 3.44. The fourth-order valence-corrected chi connectivity index (χ4v) is 2.17. The van der Waals surface area contributed by atoms with E-state index in [0.29, 0.717) is 0 Å². The molecule has 2 fully saturated rings. The highest BCUT2D eigenvalue weighted by atomic mass is 15.3. The van der Waals surface area contributed by atoms with Crippen LogP contribution in [0.5, 0.6) is 0 Å². The molecule has 0 bridgehead atoms. The van der Waals surface area contributed by atoms with Gasteiger partial charge in [-0.15, -0.1) is 0 Å². The zero-order valence-electron chi connectivity index (χ0n) is 8.45. The molecule has 0 radical (unpaired) electrons. The molecule has 0 aromatic rings. The number of likely N-dealkylation sites (tertiary alicyclic amines) is 2. The van der Waals surface area contributed by atoms with Gasteiger partial charge < -0.3 is 4.90 Å². The van der Waals surface area contributed by atoms with Gasteiger partial charge in [0.25, 0.3) is 0 Å². The van der Waals surface area contributed by atoms with Crippen molar-refractivity contribution in [3.63, 3.8) is 0 Å². The fraction of sp³-hybridized carbons (Fsp3) is 1.00. The molecule has 2 heteroatoms. The quantitative estimate of drug-likeness (QED) is 0.604. The van der Waals surface area contributed by atoms with Gasteiger partial charge in [-0.25, -0.2) is 0 Å². The summed E-state index contributed by atoms with van der Waals surface area (Å²) in [6.45, 7) is 9.99. The van der Waals surface area contributed by atoms with Crippen molar-refractivity contribution in [3.05, 3.63) is 0 Å². The molecule has 0 saturated carbocycles. The Bertz CT molecular complexity index is 155. The summed E-state index contributed by atoms with van der Waals surface area (Å²) in [4.78, 5) is 5.04. The highest BCUT2D eigenvalue weighted by Gasteiger charge is 2.38. The predicted octanol–water partition coefficient (Wildman–Crippen LogP) is 0.888. The maximum atomic E-state index is 2.64. The molecule has 0 N–H and O–H groups in total. The van der Waals surface area contributed by atoms with Crippen LogP contribution in [0.15, 0.2) is 0 Å². The van der Waals surface area contributed by atoms with E-state index in [4.69, 9.17) is 0 Å². The van der Waals surface area contributed by atoms with E-state index in [1.807, 2.05) is 0 Å². The van der Waals surface area contributed by atoms with Crippen LogP contribution in [0.25, 0.3) is 0 Å². The highest BCUT2D eigenvalue weighted by molar-refractivity contribution is 4.93. The number of likely N-dealkylation sites (N-methyl/N-ethyl adjacent to an activating group) is 1. The molecule has 0 unspecified atom stereocenters. The Kier molecular flexibility index (Phi) is 2.13. The number of hydrogen-bond donors (Lipinski definition) is 0. The average molecular weight is 168 g/mol. The lowest BCUT2D eigenvalue weighted by atomic mass is 9.86. The Morgan fingerprint density at radius 2 is 1.67 bits per heavy atom. The van der Waals surface area contributed by atoms with Crippen LogP contribution in [-0.4, -0.2) is 49.1 Å². The average Bonchev–Trinajstić information content (AvgIpc) is 1.79. The molecule has 0 aromatic heterocycles. The second-order valence-electron chi connectivity index (χ2n) is 4.83. The molecule has 0 spiro atoms. The van der Waals surface area contributed by atoms with E-state index in [9.17, 15) is 0 Å². The molecular formula is C10H20N2. The number of hydrogen-bond acceptors (Lipinski definition) is 2.